The molecule has 0 unspecified atom stereocenters. The maximum atomic E-state index is 13.5. The molecule has 0 radical (unpaired) electrons. The Morgan fingerprint density at radius 1 is 1.09 bits per heavy atom. The van der Waals surface area contributed by atoms with Gasteiger partial charge >= 0.3 is 0 Å². The van der Waals surface area contributed by atoms with E-state index in [4.69, 9.17) is 9.47 Å². The fourth-order valence-corrected chi connectivity index (χ4v) is 3.44. The van der Waals surface area contributed by atoms with Crippen molar-refractivity contribution in [2.24, 2.45) is 4.99 Å². The van der Waals surface area contributed by atoms with E-state index in [1.807, 2.05) is 36.5 Å². The number of hydrogen-bond acceptors (Lipinski definition) is 4. The standard InChI is InChI=1S/C25H26FN5O2/c1-27-25(28-11-10-18-16-29-23-8-7-19(26)12-22(18)23)31-15-17-6-9-24(30-14-17)33-21-5-3-4-20(13-21)32-2/h3-9,12-14,16,29H,10-11,15H2,1-2H3,(H2,27,28,31). The van der Waals surface area contributed by atoms with Crippen LogP contribution in [0.15, 0.2) is 72.0 Å². The summed E-state index contributed by atoms with van der Waals surface area (Å²) in [6, 6.07) is 15.9. The lowest BCUT2D eigenvalue weighted by molar-refractivity contribution is 0.407. The monoisotopic (exact) mass is 447 g/mol. The van der Waals surface area contributed by atoms with Crippen molar-refractivity contribution in [1.29, 1.82) is 0 Å². The molecule has 2 heterocycles. The Labute approximate surface area is 191 Å². The van der Waals surface area contributed by atoms with Crippen LogP contribution in [0.2, 0.25) is 0 Å². The van der Waals surface area contributed by atoms with Crippen LogP contribution < -0.4 is 20.1 Å². The van der Waals surface area contributed by atoms with Crippen LogP contribution in [0, 0.1) is 5.82 Å². The number of H-pyrrole nitrogens is 1. The van der Waals surface area contributed by atoms with Crippen molar-refractivity contribution in [2.45, 2.75) is 13.0 Å². The summed E-state index contributed by atoms with van der Waals surface area (Å²) in [4.78, 5) is 11.8. The van der Waals surface area contributed by atoms with E-state index in [2.05, 4.69) is 25.6 Å². The largest absolute Gasteiger partial charge is 0.497 e. The zero-order chi connectivity index (χ0) is 23.0. The van der Waals surface area contributed by atoms with Gasteiger partial charge in [0.1, 0.15) is 17.3 Å². The van der Waals surface area contributed by atoms with Crippen LogP contribution in [0.1, 0.15) is 11.1 Å². The Morgan fingerprint density at radius 3 is 2.76 bits per heavy atom. The molecule has 0 aliphatic heterocycles. The molecular weight excluding hydrogens is 421 g/mol. The Morgan fingerprint density at radius 2 is 1.97 bits per heavy atom. The highest BCUT2D eigenvalue weighted by Gasteiger charge is 2.06. The fraction of sp³-hybridized carbons (Fsp3) is 0.200. The minimum Gasteiger partial charge on any atom is -0.497 e. The highest BCUT2D eigenvalue weighted by Crippen LogP contribution is 2.24. The average Bonchev–Trinajstić information content (AvgIpc) is 3.24. The molecular formula is C25H26FN5O2. The van der Waals surface area contributed by atoms with E-state index in [0.29, 0.717) is 30.7 Å². The predicted molar refractivity (Wildman–Crippen MR) is 127 cm³/mol. The summed E-state index contributed by atoms with van der Waals surface area (Å²) >= 11 is 0. The number of pyridine rings is 1. The van der Waals surface area contributed by atoms with Crippen molar-refractivity contribution >= 4 is 16.9 Å². The molecule has 0 aliphatic carbocycles. The van der Waals surface area contributed by atoms with Gasteiger partial charge in [-0.3, -0.25) is 4.99 Å². The van der Waals surface area contributed by atoms with Gasteiger partial charge in [-0.25, -0.2) is 9.37 Å². The molecule has 4 rings (SSSR count). The zero-order valence-electron chi connectivity index (χ0n) is 18.6. The van der Waals surface area contributed by atoms with E-state index in [1.54, 1.807) is 38.6 Å². The van der Waals surface area contributed by atoms with Crippen LogP contribution >= 0.6 is 0 Å². The van der Waals surface area contributed by atoms with Crippen molar-refractivity contribution in [3.05, 3.63) is 83.9 Å². The molecule has 0 atom stereocenters. The average molecular weight is 448 g/mol. The molecule has 0 saturated carbocycles. The van der Waals surface area contributed by atoms with Gasteiger partial charge in [0.05, 0.1) is 7.11 Å². The highest BCUT2D eigenvalue weighted by atomic mass is 19.1. The van der Waals surface area contributed by atoms with Gasteiger partial charge in [-0.05, 0) is 47.9 Å². The van der Waals surface area contributed by atoms with Crippen LogP contribution in [0.4, 0.5) is 4.39 Å². The summed E-state index contributed by atoms with van der Waals surface area (Å²) < 4.78 is 24.5. The Hall–Kier alpha value is -4.07. The van der Waals surface area contributed by atoms with Gasteiger partial charge in [0.15, 0.2) is 5.96 Å². The summed E-state index contributed by atoms with van der Waals surface area (Å²) in [6.45, 7) is 1.22. The number of aromatic nitrogens is 2. The van der Waals surface area contributed by atoms with E-state index in [0.717, 1.165) is 34.2 Å². The third-order valence-electron chi connectivity index (χ3n) is 5.16. The number of aromatic amines is 1. The van der Waals surface area contributed by atoms with Gasteiger partial charge in [0, 0.05) is 55.6 Å². The molecule has 2 aromatic carbocycles. The minimum absolute atomic E-state index is 0.234. The lowest BCUT2D eigenvalue weighted by Gasteiger charge is -2.12. The van der Waals surface area contributed by atoms with Gasteiger partial charge in [0.25, 0.3) is 0 Å². The molecule has 0 amide bonds. The first-order chi connectivity index (χ1) is 16.1. The molecule has 7 nitrogen and oxygen atoms in total. The summed E-state index contributed by atoms with van der Waals surface area (Å²) in [7, 11) is 3.34. The van der Waals surface area contributed by atoms with Crippen LogP contribution in [-0.2, 0) is 13.0 Å². The number of benzene rings is 2. The molecule has 4 aromatic rings. The number of halogens is 1. The van der Waals surface area contributed by atoms with Crippen molar-refractivity contribution in [1.82, 2.24) is 20.6 Å². The molecule has 0 fully saturated rings. The van der Waals surface area contributed by atoms with Crippen molar-refractivity contribution < 1.29 is 13.9 Å². The second-order valence-corrected chi connectivity index (χ2v) is 7.39. The van der Waals surface area contributed by atoms with Gasteiger partial charge in [0.2, 0.25) is 5.88 Å². The first kappa shape index (κ1) is 22.1. The van der Waals surface area contributed by atoms with Gasteiger partial charge in [-0.15, -0.1) is 0 Å². The van der Waals surface area contributed by atoms with E-state index >= 15 is 0 Å². The molecule has 33 heavy (non-hydrogen) atoms. The molecule has 0 saturated heterocycles. The quantitative estimate of drug-likeness (QED) is 0.275. The molecule has 0 spiro atoms. The van der Waals surface area contributed by atoms with Gasteiger partial charge in [-0.1, -0.05) is 12.1 Å². The van der Waals surface area contributed by atoms with Gasteiger partial charge in [-0.2, -0.15) is 0 Å². The van der Waals surface area contributed by atoms with Crippen LogP contribution in [0.5, 0.6) is 17.4 Å². The summed E-state index contributed by atoms with van der Waals surface area (Å²) in [5.41, 5.74) is 2.98. The third kappa shape index (κ3) is 5.79. The van der Waals surface area contributed by atoms with Crippen LogP contribution in [0.3, 0.4) is 0 Å². The van der Waals surface area contributed by atoms with E-state index in [9.17, 15) is 4.39 Å². The molecule has 0 bridgehead atoms. The number of ether oxygens (including phenoxy) is 2. The predicted octanol–water partition coefficient (Wildman–Crippen LogP) is 4.41. The number of nitrogens with zero attached hydrogens (tertiary/aromatic N) is 2. The SMILES string of the molecule is CN=C(NCCc1c[nH]c2ccc(F)cc12)NCc1ccc(Oc2cccc(OC)c2)nc1. The maximum absolute atomic E-state index is 13.5. The Bertz CT molecular complexity index is 1240. The van der Waals surface area contributed by atoms with E-state index in [-0.39, 0.29) is 5.82 Å². The molecule has 170 valence electrons. The third-order valence-corrected chi connectivity index (χ3v) is 5.16. The number of methoxy groups -OCH3 is 1. The van der Waals surface area contributed by atoms with Crippen molar-refractivity contribution in [3.63, 3.8) is 0 Å². The minimum atomic E-state index is -0.234. The second kappa shape index (κ2) is 10.5. The van der Waals surface area contributed by atoms with E-state index < -0.39 is 0 Å². The number of aliphatic imine (C=N–C) groups is 1. The number of rotatable bonds is 8. The molecule has 0 aliphatic rings. The van der Waals surface area contributed by atoms with E-state index in [1.165, 1.54) is 6.07 Å². The van der Waals surface area contributed by atoms with Crippen molar-refractivity contribution in [3.8, 4) is 17.4 Å². The highest BCUT2D eigenvalue weighted by molar-refractivity contribution is 5.83. The molecule has 8 heteroatoms. The van der Waals surface area contributed by atoms with Crippen LogP contribution in [0.25, 0.3) is 10.9 Å². The van der Waals surface area contributed by atoms with Gasteiger partial charge < -0.3 is 25.1 Å². The number of guanidine groups is 1. The first-order valence-corrected chi connectivity index (χ1v) is 10.6. The van der Waals surface area contributed by atoms with Crippen molar-refractivity contribution in [2.75, 3.05) is 20.7 Å². The first-order valence-electron chi connectivity index (χ1n) is 10.6. The maximum Gasteiger partial charge on any atom is 0.219 e. The lowest BCUT2D eigenvalue weighted by atomic mass is 10.1. The fourth-order valence-electron chi connectivity index (χ4n) is 3.44. The summed E-state index contributed by atoms with van der Waals surface area (Å²) in [5.74, 6) is 2.34. The zero-order valence-corrected chi connectivity index (χ0v) is 18.6. The number of nitrogens with one attached hydrogen (secondary N) is 3. The summed E-state index contributed by atoms with van der Waals surface area (Å²) in [5, 5.41) is 7.46. The van der Waals surface area contributed by atoms with Crippen LogP contribution in [-0.4, -0.2) is 36.6 Å². The molecule has 2 aromatic heterocycles. The number of fused-ring (bicyclic) bond motifs is 1. The number of hydrogen-bond donors (Lipinski definition) is 3. The normalized spacial score (nSPS) is 11.4. The smallest absolute Gasteiger partial charge is 0.219 e. The Balaban J connectivity index is 1.26. The second-order valence-electron chi connectivity index (χ2n) is 7.39. The lowest BCUT2D eigenvalue weighted by Crippen LogP contribution is -2.37. The topological polar surface area (TPSA) is 83.6 Å². The summed E-state index contributed by atoms with van der Waals surface area (Å²) in [6.07, 6.45) is 4.42. The molecule has 3 N–H and O–H groups in total. The Kier molecular flexibility index (Phi) is 7.04.